The molecular weight excluding hydrogens is 408 g/mol. The van der Waals surface area contributed by atoms with Gasteiger partial charge < -0.3 is 15.4 Å². The van der Waals surface area contributed by atoms with Gasteiger partial charge in [0.1, 0.15) is 0 Å². The molecule has 0 saturated carbocycles. The number of carbonyl (C=O) groups excluding carboxylic acids is 2. The van der Waals surface area contributed by atoms with Crippen LogP contribution in [-0.4, -0.2) is 41.0 Å². The summed E-state index contributed by atoms with van der Waals surface area (Å²) in [5.74, 6) is -0.117. The molecule has 0 spiro atoms. The van der Waals surface area contributed by atoms with Crippen LogP contribution < -0.4 is 10.6 Å². The number of aromatic nitrogens is 2. The van der Waals surface area contributed by atoms with E-state index < -0.39 is 0 Å². The summed E-state index contributed by atoms with van der Waals surface area (Å²) in [6, 6.07) is 5.61. The number of benzene rings is 1. The molecule has 0 aliphatic carbocycles. The Morgan fingerprint density at radius 1 is 1.33 bits per heavy atom. The van der Waals surface area contributed by atoms with Crippen LogP contribution in [0.4, 0.5) is 10.8 Å². The summed E-state index contributed by atoms with van der Waals surface area (Å²) in [4.78, 5) is 23.1. The predicted octanol–water partition coefficient (Wildman–Crippen LogP) is 3.80. The highest BCUT2D eigenvalue weighted by molar-refractivity contribution is 8.01. The van der Waals surface area contributed by atoms with E-state index in [2.05, 4.69) is 20.8 Å². The molecule has 1 amide bonds. The van der Waals surface area contributed by atoms with Gasteiger partial charge in [-0.1, -0.05) is 40.8 Å². The number of halogens is 1. The summed E-state index contributed by atoms with van der Waals surface area (Å²) >= 11 is 8.79. The Hall–Kier alpha value is -1.84. The average Bonchev–Trinajstić information content (AvgIpc) is 3.09. The molecule has 7 nitrogen and oxygen atoms in total. The molecule has 0 saturated heterocycles. The topological polar surface area (TPSA) is 93.2 Å². The summed E-state index contributed by atoms with van der Waals surface area (Å²) in [6.07, 6.45) is 0.858. The van der Waals surface area contributed by atoms with E-state index in [-0.39, 0.29) is 17.6 Å². The largest absolute Gasteiger partial charge is 0.466 e. The molecule has 1 aromatic heterocycles. The van der Waals surface area contributed by atoms with Crippen molar-refractivity contribution in [3.05, 3.63) is 28.8 Å². The quantitative estimate of drug-likeness (QED) is 0.337. The summed E-state index contributed by atoms with van der Waals surface area (Å²) in [5, 5.41) is 15.4. The van der Waals surface area contributed by atoms with Crippen molar-refractivity contribution >= 4 is 57.4 Å². The summed E-state index contributed by atoms with van der Waals surface area (Å²) in [6.45, 7) is 4.50. The summed E-state index contributed by atoms with van der Waals surface area (Å²) in [7, 11) is 0. The van der Waals surface area contributed by atoms with Gasteiger partial charge >= 0.3 is 5.97 Å². The lowest BCUT2D eigenvalue weighted by molar-refractivity contribution is -0.143. The number of rotatable bonds is 10. The van der Waals surface area contributed by atoms with Crippen molar-refractivity contribution in [1.29, 1.82) is 0 Å². The average molecular weight is 429 g/mol. The lowest BCUT2D eigenvalue weighted by Gasteiger charge is -2.06. The standard InChI is InChI=1S/C17H21ClN4O3S2/c1-3-25-15(24)8-5-9-19-14(23)10-26-17-22-21-16(27-17)20-13-7-4-6-12(18)11(13)2/h4,6-7H,3,5,8-10H2,1-2H3,(H,19,23)(H,20,21). The SMILES string of the molecule is CCOC(=O)CCCNC(=O)CSc1nnc(Nc2cccc(Cl)c2C)s1. The number of anilines is 2. The molecular formula is C17H21ClN4O3S2. The van der Waals surface area contributed by atoms with E-state index in [1.54, 1.807) is 6.92 Å². The van der Waals surface area contributed by atoms with Crippen molar-refractivity contribution in [1.82, 2.24) is 15.5 Å². The van der Waals surface area contributed by atoms with Gasteiger partial charge in [0.25, 0.3) is 0 Å². The zero-order chi connectivity index (χ0) is 19.6. The van der Waals surface area contributed by atoms with E-state index in [9.17, 15) is 9.59 Å². The van der Waals surface area contributed by atoms with Crippen molar-refractivity contribution in [2.45, 2.75) is 31.0 Å². The van der Waals surface area contributed by atoms with E-state index in [4.69, 9.17) is 16.3 Å². The molecule has 0 unspecified atom stereocenters. The summed E-state index contributed by atoms with van der Waals surface area (Å²) < 4.78 is 5.52. The smallest absolute Gasteiger partial charge is 0.305 e. The molecule has 10 heteroatoms. The predicted molar refractivity (Wildman–Crippen MR) is 109 cm³/mol. The van der Waals surface area contributed by atoms with E-state index >= 15 is 0 Å². The highest BCUT2D eigenvalue weighted by Gasteiger charge is 2.10. The summed E-state index contributed by atoms with van der Waals surface area (Å²) in [5.41, 5.74) is 1.81. The maximum absolute atomic E-state index is 11.8. The monoisotopic (exact) mass is 428 g/mol. The van der Waals surface area contributed by atoms with Crippen LogP contribution in [0.25, 0.3) is 0 Å². The number of amides is 1. The number of carbonyl (C=O) groups is 2. The fourth-order valence-corrected chi connectivity index (χ4v) is 3.82. The van der Waals surface area contributed by atoms with Gasteiger partial charge in [0, 0.05) is 23.7 Å². The Balaban J connectivity index is 1.72. The number of thioether (sulfide) groups is 1. The molecule has 2 aromatic rings. The fourth-order valence-electron chi connectivity index (χ4n) is 2.05. The number of esters is 1. The third-order valence-corrected chi connectivity index (χ3v) is 5.81. The number of ether oxygens (including phenoxy) is 1. The molecule has 1 aromatic carbocycles. The Kier molecular flexibility index (Phi) is 8.83. The lowest BCUT2D eigenvalue weighted by atomic mass is 10.2. The molecule has 27 heavy (non-hydrogen) atoms. The molecule has 2 rings (SSSR count). The maximum Gasteiger partial charge on any atom is 0.305 e. The van der Waals surface area contributed by atoms with Crippen molar-refractivity contribution in [3.63, 3.8) is 0 Å². The van der Waals surface area contributed by atoms with Crippen molar-refractivity contribution in [2.24, 2.45) is 0 Å². The zero-order valence-corrected chi connectivity index (χ0v) is 17.5. The molecule has 0 atom stereocenters. The Morgan fingerprint density at radius 2 is 2.15 bits per heavy atom. The number of nitrogens with zero attached hydrogens (tertiary/aromatic N) is 2. The Labute approximate surface area is 171 Å². The first-order valence-corrected chi connectivity index (χ1v) is 10.6. The fraction of sp³-hybridized carbons (Fsp3) is 0.412. The van der Waals surface area contributed by atoms with Gasteiger partial charge in [-0.2, -0.15) is 0 Å². The molecule has 2 N–H and O–H groups in total. The molecule has 0 fully saturated rings. The first-order valence-electron chi connectivity index (χ1n) is 8.40. The van der Waals surface area contributed by atoms with Gasteiger partial charge in [0.05, 0.1) is 12.4 Å². The zero-order valence-electron chi connectivity index (χ0n) is 15.1. The Bertz CT molecular complexity index is 785. The second-order valence-electron chi connectivity index (χ2n) is 5.46. The van der Waals surface area contributed by atoms with Crippen LogP contribution >= 0.6 is 34.7 Å². The van der Waals surface area contributed by atoms with Gasteiger partial charge in [-0.25, -0.2) is 0 Å². The van der Waals surface area contributed by atoms with Crippen LogP contribution in [0, 0.1) is 6.92 Å². The number of hydrogen-bond acceptors (Lipinski definition) is 8. The molecule has 0 bridgehead atoms. The van der Waals surface area contributed by atoms with Crippen LogP contribution in [-0.2, 0) is 14.3 Å². The van der Waals surface area contributed by atoms with Crippen LogP contribution in [0.1, 0.15) is 25.3 Å². The Morgan fingerprint density at radius 3 is 2.93 bits per heavy atom. The second-order valence-corrected chi connectivity index (χ2v) is 8.06. The molecule has 1 heterocycles. The first-order chi connectivity index (χ1) is 13.0. The van der Waals surface area contributed by atoms with Gasteiger partial charge in [0.2, 0.25) is 11.0 Å². The van der Waals surface area contributed by atoms with E-state index in [1.165, 1.54) is 23.1 Å². The van der Waals surface area contributed by atoms with Crippen LogP contribution in [0.15, 0.2) is 22.5 Å². The highest BCUT2D eigenvalue weighted by atomic mass is 35.5. The van der Waals surface area contributed by atoms with Gasteiger partial charge in [-0.05, 0) is 38.0 Å². The van der Waals surface area contributed by atoms with Crippen molar-refractivity contribution in [2.75, 3.05) is 24.2 Å². The third kappa shape index (κ3) is 7.36. The lowest BCUT2D eigenvalue weighted by Crippen LogP contribution is -2.26. The highest BCUT2D eigenvalue weighted by Crippen LogP contribution is 2.30. The second kappa shape index (κ2) is 11.1. The minimum atomic E-state index is -0.245. The molecule has 0 aliphatic heterocycles. The van der Waals surface area contributed by atoms with E-state index in [1.807, 2.05) is 25.1 Å². The van der Waals surface area contributed by atoms with Gasteiger partial charge in [-0.15, -0.1) is 10.2 Å². The molecule has 0 aliphatic rings. The van der Waals surface area contributed by atoms with Crippen LogP contribution in [0.5, 0.6) is 0 Å². The van der Waals surface area contributed by atoms with Gasteiger partial charge in [-0.3, -0.25) is 9.59 Å². The maximum atomic E-state index is 11.8. The number of nitrogens with one attached hydrogen (secondary N) is 2. The normalized spacial score (nSPS) is 10.5. The van der Waals surface area contributed by atoms with E-state index in [0.717, 1.165) is 11.3 Å². The van der Waals surface area contributed by atoms with E-state index in [0.29, 0.717) is 40.5 Å². The van der Waals surface area contributed by atoms with Crippen LogP contribution in [0.3, 0.4) is 0 Å². The first kappa shape index (κ1) is 21.5. The minimum Gasteiger partial charge on any atom is -0.466 e. The third-order valence-electron chi connectivity index (χ3n) is 3.43. The van der Waals surface area contributed by atoms with Gasteiger partial charge in [0.15, 0.2) is 4.34 Å². The van der Waals surface area contributed by atoms with Crippen molar-refractivity contribution < 1.29 is 14.3 Å². The molecule has 146 valence electrons. The van der Waals surface area contributed by atoms with Crippen molar-refractivity contribution in [3.8, 4) is 0 Å². The number of hydrogen-bond donors (Lipinski definition) is 2. The molecule has 0 radical (unpaired) electrons. The van der Waals surface area contributed by atoms with Crippen LogP contribution in [0.2, 0.25) is 5.02 Å². The minimum absolute atomic E-state index is 0.112.